The first-order chi connectivity index (χ1) is 7.51. The largest absolute Gasteiger partial charge is 0.481 e. The van der Waals surface area contributed by atoms with Crippen LogP contribution in [0, 0.1) is 19.8 Å². The second-order valence-electron chi connectivity index (χ2n) is 4.01. The van der Waals surface area contributed by atoms with Gasteiger partial charge in [-0.3, -0.25) is 4.79 Å². The van der Waals surface area contributed by atoms with Crippen LogP contribution in [-0.2, 0) is 4.79 Å². The lowest BCUT2D eigenvalue weighted by Gasteiger charge is -2.02. The van der Waals surface area contributed by atoms with Crippen LogP contribution in [0.15, 0.2) is 24.3 Å². The Labute approximate surface area is 98.3 Å². The maximum atomic E-state index is 10.2. The van der Waals surface area contributed by atoms with Gasteiger partial charge in [0, 0.05) is 0 Å². The van der Waals surface area contributed by atoms with Crippen LogP contribution < -0.4 is 0 Å². The maximum absolute atomic E-state index is 10.2. The Balaban J connectivity index is 0.000000281. The molecule has 2 heteroatoms. The van der Waals surface area contributed by atoms with Gasteiger partial charge in [0.25, 0.3) is 0 Å². The quantitative estimate of drug-likeness (QED) is 0.844. The average Bonchev–Trinajstić information content (AvgIpc) is 2.19. The van der Waals surface area contributed by atoms with Gasteiger partial charge < -0.3 is 5.11 Å². The standard InChI is InChI=1S/C8H10.C6H12O2/c1-7-4-3-5-8(2)6-7;1-3-5(4-2)6(7)8/h3-6H,1-2H3;5H,3-4H2,1-2H3,(H,7,8). The number of hydrogen-bond acceptors (Lipinski definition) is 1. The van der Waals surface area contributed by atoms with Crippen molar-refractivity contribution in [3.63, 3.8) is 0 Å². The monoisotopic (exact) mass is 222 g/mol. The van der Waals surface area contributed by atoms with Crippen LogP contribution in [0.3, 0.4) is 0 Å². The minimum Gasteiger partial charge on any atom is -0.481 e. The maximum Gasteiger partial charge on any atom is 0.306 e. The smallest absolute Gasteiger partial charge is 0.306 e. The van der Waals surface area contributed by atoms with Gasteiger partial charge >= 0.3 is 5.97 Å². The minimum absolute atomic E-state index is 0.130. The van der Waals surface area contributed by atoms with E-state index in [1.807, 2.05) is 13.8 Å². The molecule has 1 aromatic carbocycles. The van der Waals surface area contributed by atoms with E-state index < -0.39 is 5.97 Å². The zero-order valence-electron chi connectivity index (χ0n) is 10.7. The van der Waals surface area contributed by atoms with Crippen molar-refractivity contribution in [3.8, 4) is 0 Å². The summed E-state index contributed by atoms with van der Waals surface area (Å²) >= 11 is 0. The minimum atomic E-state index is -0.671. The molecule has 0 radical (unpaired) electrons. The molecule has 0 bridgehead atoms. The molecule has 0 fully saturated rings. The molecule has 0 heterocycles. The van der Waals surface area contributed by atoms with Crippen molar-refractivity contribution in [1.82, 2.24) is 0 Å². The molecule has 0 atom stereocenters. The SMILES string of the molecule is CCC(CC)C(=O)O.Cc1cccc(C)c1. The molecule has 1 N–H and O–H groups in total. The molecule has 1 rings (SSSR count). The number of carbonyl (C=O) groups is 1. The van der Waals surface area contributed by atoms with Crippen molar-refractivity contribution in [3.05, 3.63) is 35.4 Å². The molecular weight excluding hydrogens is 200 g/mol. The number of hydrogen-bond donors (Lipinski definition) is 1. The first kappa shape index (κ1) is 14.7. The van der Waals surface area contributed by atoms with Crippen LogP contribution in [-0.4, -0.2) is 11.1 Å². The molecule has 0 aromatic heterocycles. The fourth-order valence-corrected chi connectivity index (χ4v) is 1.44. The molecule has 2 nitrogen and oxygen atoms in total. The van der Waals surface area contributed by atoms with Crippen molar-refractivity contribution in [1.29, 1.82) is 0 Å². The summed E-state index contributed by atoms with van der Waals surface area (Å²) in [6.07, 6.45) is 1.48. The highest BCUT2D eigenvalue weighted by Gasteiger charge is 2.10. The molecular formula is C14H22O2. The highest BCUT2D eigenvalue weighted by molar-refractivity contribution is 5.69. The van der Waals surface area contributed by atoms with Crippen LogP contribution in [0.5, 0.6) is 0 Å². The van der Waals surface area contributed by atoms with Gasteiger partial charge in [-0.05, 0) is 26.7 Å². The first-order valence-electron chi connectivity index (χ1n) is 5.77. The van der Waals surface area contributed by atoms with Gasteiger partial charge in [-0.15, -0.1) is 0 Å². The van der Waals surface area contributed by atoms with Gasteiger partial charge in [0.05, 0.1) is 5.92 Å². The lowest BCUT2D eigenvalue weighted by molar-refractivity contribution is -0.141. The van der Waals surface area contributed by atoms with E-state index >= 15 is 0 Å². The third-order valence-electron chi connectivity index (χ3n) is 2.51. The van der Waals surface area contributed by atoms with E-state index in [9.17, 15) is 4.79 Å². The van der Waals surface area contributed by atoms with E-state index in [4.69, 9.17) is 5.11 Å². The van der Waals surface area contributed by atoms with Gasteiger partial charge in [0.1, 0.15) is 0 Å². The van der Waals surface area contributed by atoms with Crippen molar-refractivity contribution in [2.45, 2.75) is 40.5 Å². The molecule has 0 aliphatic heterocycles. The van der Waals surface area contributed by atoms with Gasteiger partial charge in [-0.25, -0.2) is 0 Å². The molecule has 0 saturated heterocycles. The molecule has 90 valence electrons. The Bertz CT molecular complexity index is 297. The molecule has 0 saturated carbocycles. The normalized spacial score (nSPS) is 9.56. The van der Waals surface area contributed by atoms with Crippen molar-refractivity contribution in [2.75, 3.05) is 0 Å². The Morgan fingerprint density at radius 2 is 1.62 bits per heavy atom. The second-order valence-corrected chi connectivity index (χ2v) is 4.01. The summed E-state index contributed by atoms with van der Waals surface area (Å²) in [6, 6.07) is 8.45. The average molecular weight is 222 g/mol. The van der Waals surface area contributed by atoms with Crippen LogP contribution in [0.25, 0.3) is 0 Å². The number of rotatable bonds is 3. The summed E-state index contributed by atoms with van der Waals surface area (Å²) in [5.74, 6) is -0.801. The Hall–Kier alpha value is -1.31. The first-order valence-corrected chi connectivity index (χ1v) is 5.77. The number of benzene rings is 1. The van der Waals surface area contributed by atoms with E-state index in [2.05, 4.69) is 38.1 Å². The second kappa shape index (κ2) is 7.91. The molecule has 0 aliphatic rings. The summed E-state index contributed by atoms with van der Waals surface area (Å²) in [5, 5.41) is 8.37. The summed E-state index contributed by atoms with van der Waals surface area (Å²) in [5.41, 5.74) is 2.68. The van der Waals surface area contributed by atoms with E-state index in [0.29, 0.717) is 0 Å². The Morgan fingerprint density at radius 3 is 1.75 bits per heavy atom. The molecule has 0 amide bonds. The molecule has 0 unspecified atom stereocenters. The number of aliphatic carboxylic acids is 1. The Kier molecular flexibility index (Phi) is 7.27. The molecule has 16 heavy (non-hydrogen) atoms. The topological polar surface area (TPSA) is 37.3 Å². The summed E-state index contributed by atoms with van der Waals surface area (Å²) < 4.78 is 0. The number of carboxylic acids is 1. The third-order valence-corrected chi connectivity index (χ3v) is 2.51. The number of carboxylic acid groups (broad SMARTS) is 1. The summed E-state index contributed by atoms with van der Waals surface area (Å²) in [4.78, 5) is 10.2. The number of aryl methyl sites for hydroxylation is 2. The summed E-state index contributed by atoms with van der Waals surface area (Å²) in [7, 11) is 0. The summed E-state index contributed by atoms with van der Waals surface area (Å²) in [6.45, 7) is 7.99. The van der Waals surface area contributed by atoms with Crippen LogP contribution in [0.2, 0.25) is 0 Å². The van der Waals surface area contributed by atoms with Crippen LogP contribution in [0.4, 0.5) is 0 Å². The fourth-order valence-electron chi connectivity index (χ4n) is 1.44. The lowest BCUT2D eigenvalue weighted by Crippen LogP contribution is -2.10. The lowest BCUT2D eigenvalue weighted by atomic mass is 10.1. The predicted molar refractivity (Wildman–Crippen MR) is 67.6 cm³/mol. The highest BCUT2D eigenvalue weighted by atomic mass is 16.4. The third kappa shape index (κ3) is 6.23. The highest BCUT2D eigenvalue weighted by Crippen LogP contribution is 2.05. The van der Waals surface area contributed by atoms with Gasteiger partial charge in [0.2, 0.25) is 0 Å². The zero-order valence-corrected chi connectivity index (χ0v) is 10.7. The molecule has 0 aliphatic carbocycles. The molecule has 0 spiro atoms. The van der Waals surface area contributed by atoms with Crippen molar-refractivity contribution in [2.24, 2.45) is 5.92 Å². The van der Waals surface area contributed by atoms with Crippen molar-refractivity contribution < 1.29 is 9.90 Å². The van der Waals surface area contributed by atoms with Gasteiger partial charge in [-0.2, -0.15) is 0 Å². The Morgan fingerprint density at radius 1 is 1.19 bits per heavy atom. The van der Waals surface area contributed by atoms with Crippen LogP contribution >= 0.6 is 0 Å². The van der Waals surface area contributed by atoms with Gasteiger partial charge in [0.15, 0.2) is 0 Å². The van der Waals surface area contributed by atoms with Crippen LogP contribution in [0.1, 0.15) is 37.8 Å². The van der Waals surface area contributed by atoms with E-state index in [0.717, 1.165) is 12.8 Å². The zero-order chi connectivity index (χ0) is 12.6. The van der Waals surface area contributed by atoms with E-state index in [1.165, 1.54) is 11.1 Å². The van der Waals surface area contributed by atoms with Crippen molar-refractivity contribution >= 4 is 5.97 Å². The molecule has 1 aromatic rings. The predicted octanol–water partition coefficient (Wildman–Crippen LogP) is 3.81. The van der Waals surface area contributed by atoms with Gasteiger partial charge in [-0.1, -0.05) is 49.2 Å². The van der Waals surface area contributed by atoms with E-state index in [1.54, 1.807) is 0 Å². The van der Waals surface area contributed by atoms with E-state index in [-0.39, 0.29) is 5.92 Å². The fraction of sp³-hybridized carbons (Fsp3) is 0.500.